The average Bonchev–Trinajstić information content (AvgIpc) is 3.21. The zero-order valence-electron chi connectivity index (χ0n) is 19.0. The fourth-order valence-electron chi connectivity index (χ4n) is 4.55. The third kappa shape index (κ3) is 5.37. The van der Waals surface area contributed by atoms with Crippen molar-refractivity contribution >= 4 is 11.9 Å². The van der Waals surface area contributed by atoms with E-state index in [9.17, 15) is 4.79 Å². The lowest BCUT2D eigenvalue weighted by molar-refractivity contribution is 0.0240. The van der Waals surface area contributed by atoms with Gasteiger partial charge in [-0.25, -0.2) is 9.78 Å². The van der Waals surface area contributed by atoms with Crippen molar-refractivity contribution in [1.29, 1.82) is 0 Å². The van der Waals surface area contributed by atoms with E-state index < -0.39 is 5.60 Å². The molecule has 0 aliphatic carbocycles. The number of nitrogens with zero attached hydrogens (tertiary/aromatic N) is 4. The lowest BCUT2D eigenvalue weighted by Gasteiger charge is -2.37. The molecule has 1 aromatic carbocycles. The Morgan fingerprint density at radius 3 is 2.48 bits per heavy atom. The maximum atomic E-state index is 12.4. The van der Waals surface area contributed by atoms with E-state index in [1.807, 2.05) is 31.9 Å². The molecule has 0 bridgehead atoms. The van der Waals surface area contributed by atoms with Gasteiger partial charge in [0.1, 0.15) is 11.4 Å². The summed E-state index contributed by atoms with van der Waals surface area (Å²) in [5, 5.41) is 0. The minimum absolute atomic E-state index is 0.224. The molecule has 2 saturated heterocycles. The highest BCUT2D eigenvalue weighted by molar-refractivity contribution is 5.68. The van der Waals surface area contributed by atoms with Crippen molar-refractivity contribution in [1.82, 2.24) is 14.8 Å². The number of amides is 1. The molecule has 2 fully saturated rings. The van der Waals surface area contributed by atoms with Crippen LogP contribution in [0.2, 0.25) is 0 Å². The summed E-state index contributed by atoms with van der Waals surface area (Å²) in [6, 6.07) is 15.4. The summed E-state index contributed by atoms with van der Waals surface area (Å²) in [7, 11) is 0. The minimum Gasteiger partial charge on any atom is -0.444 e. The first-order valence-electron chi connectivity index (χ1n) is 11.4. The molecule has 0 unspecified atom stereocenters. The van der Waals surface area contributed by atoms with Crippen LogP contribution in [0.25, 0.3) is 0 Å². The number of carbonyl (C=O) groups excluding carboxylic acids is 1. The molecule has 2 aliphatic heterocycles. The van der Waals surface area contributed by atoms with Crippen molar-refractivity contribution in [3.63, 3.8) is 0 Å². The van der Waals surface area contributed by atoms with E-state index in [2.05, 4.69) is 52.3 Å². The van der Waals surface area contributed by atoms with Crippen LogP contribution < -0.4 is 4.90 Å². The Balaban J connectivity index is 1.45. The normalized spacial score (nSPS) is 20.2. The number of rotatable bonds is 4. The molecule has 1 atom stereocenters. The summed E-state index contributed by atoms with van der Waals surface area (Å²) in [5.41, 5.74) is 2.19. The maximum Gasteiger partial charge on any atom is 0.410 e. The van der Waals surface area contributed by atoms with Crippen LogP contribution in [0.15, 0.2) is 48.7 Å². The van der Waals surface area contributed by atoms with Crippen molar-refractivity contribution in [2.45, 2.75) is 51.8 Å². The van der Waals surface area contributed by atoms with Crippen LogP contribution >= 0.6 is 0 Å². The zero-order valence-corrected chi connectivity index (χ0v) is 19.0. The van der Waals surface area contributed by atoms with E-state index in [1.165, 1.54) is 17.5 Å². The van der Waals surface area contributed by atoms with Gasteiger partial charge in [0.05, 0.1) is 0 Å². The van der Waals surface area contributed by atoms with Crippen LogP contribution in [0.4, 0.5) is 10.6 Å². The van der Waals surface area contributed by atoms with Crippen molar-refractivity contribution in [2.75, 3.05) is 37.6 Å². The topological polar surface area (TPSA) is 48.9 Å². The van der Waals surface area contributed by atoms with E-state index in [4.69, 9.17) is 9.72 Å². The van der Waals surface area contributed by atoms with Gasteiger partial charge >= 0.3 is 6.09 Å². The van der Waals surface area contributed by atoms with E-state index in [0.29, 0.717) is 19.1 Å². The second kappa shape index (κ2) is 9.27. The molecule has 1 amide bonds. The molecule has 166 valence electrons. The van der Waals surface area contributed by atoms with Gasteiger partial charge in [0.25, 0.3) is 0 Å². The predicted octanol–water partition coefficient (Wildman–Crippen LogP) is 4.48. The summed E-state index contributed by atoms with van der Waals surface area (Å²) in [6.07, 6.45) is 4.02. The monoisotopic (exact) mass is 422 g/mol. The first kappa shape index (κ1) is 21.6. The summed E-state index contributed by atoms with van der Waals surface area (Å²) >= 11 is 0. The third-order valence-electron chi connectivity index (χ3n) is 6.00. The molecule has 4 rings (SSSR count). The number of aromatic nitrogens is 1. The van der Waals surface area contributed by atoms with Crippen LogP contribution in [0, 0.1) is 0 Å². The van der Waals surface area contributed by atoms with Crippen LogP contribution in [-0.4, -0.2) is 59.2 Å². The van der Waals surface area contributed by atoms with Crippen molar-refractivity contribution in [2.24, 2.45) is 0 Å². The second-order valence-electron chi connectivity index (χ2n) is 9.48. The zero-order chi connectivity index (χ0) is 21.8. The number of hydrogen-bond donors (Lipinski definition) is 0. The van der Waals surface area contributed by atoms with Gasteiger partial charge in [-0.15, -0.1) is 0 Å². The number of piperazine rings is 1. The van der Waals surface area contributed by atoms with Crippen molar-refractivity contribution < 1.29 is 9.53 Å². The Kier molecular flexibility index (Phi) is 6.46. The molecule has 0 N–H and O–H groups in total. The van der Waals surface area contributed by atoms with Crippen LogP contribution in [0.3, 0.4) is 0 Å². The highest BCUT2D eigenvalue weighted by atomic mass is 16.6. The lowest BCUT2D eigenvalue weighted by Crippen LogP contribution is -2.50. The van der Waals surface area contributed by atoms with E-state index in [1.54, 1.807) is 0 Å². The summed E-state index contributed by atoms with van der Waals surface area (Å²) in [6.45, 7) is 10.7. The largest absolute Gasteiger partial charge is 0.444 e. The van der Waals surface area contributed by atoms with E-state index in [0.717, 1.165) is 38.4 Å². The minimum atomic E-state index is -0.465. The molecule has 6 nitrogen and oxygen atoms in total. The number of hydrogen-bond acceptors (Lipinski definition) is 5. The molecule has 31 heavy (non-hydrogen) atoms. The summed E-state index contributed by atoms with van der Waals surface area (Å²) < 4.78 is 5.54. The van der Waals surface area contributed by atoms with Gasteiger partial charge in [-0.05, 0) is 51.8 Å². The second-order valence-corrected chi connectivity index (χ2v) is 9.48. The molecule has 6 heteroatoms. The van der Waals surface area contributed by atoms with Gasteiger partial charge in [-0.1, -0.05) is 36.4 Å². The molecule has 0 radical (unpaired) electrons. The molecule has 2 aliphatic rings. The number of ether oxygens (including phenoxy) is 1. The van der Waals surface area contributed by atoms with Crippen molar-refractivity contribution in [3.05, 3.63) is 59.8 Å². The maximum absolute atomic E-state index is 12.4. The van der Waals surface area contributed by atoms with Gasteiger partial charge in [0.15, 0.2) is 0 Å². The average molecular weight is 423 g/mol. The fraction of sp³-hybridized carbons (Fsp3) is 0.520. The van der Waals surface area contributed by atoms with Crippen molar-refractivity contribution in [3.8, 4) is 0 Å². The molecule has 0 saturated carbocycles. The lowest BCUT2D eigenvalue weighted by atomic mass is 10.0. The number of likely N-dealkylation sites (tertiary alicyclic amines) is 1. The molecule has 0 spiro atoms. The molecular formula is C25H34N4O2. The highest BCUT2D eigenvalue weighted by Gasteiger charge is 2.31. The Bertz CT molecular complexity index is 873. The first-order valence-corrected chi connectivity index (χ1v) is 11.4. The number of benzene rings is 1. The molecular weight excluding hydrogens is 388 g/mol. The quantitative estimate of drug-likeness (QED) is 0.727. The molecule has 1 aromatic heterocycles. The van der Waals surface area contributed by atoms with Gasteiger partial charge in [-0.3, -0.25) is 4.90 Å². The standard InChI is InChI=1S/C25H34N4O2/c1-25(2,3)31-24(30)28-17-15-27(16-18-28)23-21(11-7-13-26-23)22-12-8-14-29(22)19-20-9-5-4-6-10-20/h4-7,9-11,13,22H,8,12,14-19H2,1-3H3/t22-/m1/s1. The first-order chi connectivity index (χ1) is 14.9. The van der Waals surface area contributed by atoms with Gasteiger partial charge in [-0.2, -0.15) is 0 Å². The Morgan fingerprint density at radius 1 is 1.03 bits per heavy atom. The third-order valence-corrected chi connectivity index (χ3v) is 6.00. The fourth-order valence-corrected chi connectivity index (χ4v) is 4.55. The van der Waals surface area contributed by atoms with E-state index >= 15 is 0 Å². The predicted molar refractivity (Wildman–Crippen MR) is 123 cm³/mol. The number of pyridine rings is 1. The highest BCUT2D eigenvalue weighted by Crippen LogP contribution is 2.37. The summed E-state index contributed by atoms with van der Waals surface area (Å²) in [4.78, 5) is 23.9. The number of anilines is 1. The van der Waals surface area contributed by atoms with Gasteiger partial charge in [0, 0.05) is 50.5 Å². The molecule has 3 heterocycles. The van der Waals surface area contributed by atoms with Gasteiger partial charge in [0.2, 0.25) is 0 Å². The SMILES string of the molecule is CC(C)(C)OC(=O)N1CCN(c2ncccc2[C@H]2CCCN2Cc2ccccc2)CC1. The van der Waals surface area contributed by atoms with Crippen LogP contribution in [-0.2, 0) is 11.3 Å². The van der Waals surface area contributed by atoms with E-state index in [-0.39, 0.29) is 6.09 Å². The Labute approximate surface area is 185 Å². The Morgan fingerprint density at radius 2 is 1.77 bits per heavy atom. The smallest absolute Gasteiger partial charge is 0.410 e. The van der Waals surface area contributed by atoms with Gasteiger partial charge < -0.3 is 14.5 Å². The molecule has 2 aromatic rings. The Hall–Kier alpha value is -2.60. The van der Waals surface area contributed by atoms with Crippen LogP contribution in [0.5, 0.6) is 0 Å². The summed E-state index contributed by atoms with van der Waals surface area (Å²) in [5.74, 6) is 1.07. The van der Waals surface area contributed by atoms with Crippen LogP contribution in [0.1, 0.15) is 50.8 Å². The number of carbonyl (C=O) groups is 1.